The van der Waals surface area contributed by atoms with Gasteiger partial charge < -0.3 is 4.74 Å². The van der Waals surface area contributed by atoms with Gasteiger partial charge in [0.25, 0.3) is 0 Å². The number of aromatic nitrogens is 1. The van der Waals surface area contributed by atoms with E-state index >= 15 is 0 Å². The number of fused-ring (bicyclic) bond motifs is 1. The molecule has 0 radical (unpaired) electrons. The summed E-state index contributed by atoms with van der Waals surface area (Å²) in [7, 11) is 1.73. The highest BCUT2D eigenvalue weighted by molar-refractivity contribution is 5.38. The van der Waals surface area contributed by atoms with Crippen molar-refractivity contribution in [3.8, 4) is 5.75 Å². The maximum atomic E-state index is 5.32. The fourth-order valence-electron chi connectivity index (χ4n) is 2.08. The van der Waals surface area contributed by atoms with Crippen molar-refractivity contribution in [3.05, 3.63) is 23.5 Å². The van der Waals surface area contributed by atoms with Crippen LogP contribution in [0.3, 0.4) is 0 Å². The first kappa shape index (κ1) is 8.54. The number of rotatable bonds is 1. The zero-order valence-corrected chi connectivity index (χ0v) is 8.21. The molecule has 1 aromatic heterocycles. The smallest absolute Gasteiger partial charge is 0.125 e. The monoisotopic (exact) mass is 177 g/mol. The van der Waals surface area contributed by atoms with Crippen LogP contribution in [0.1, 0.15) is 36.9 Å². The minimum absolute atomic E-state index is 0.596. The van der Waals surface area contributed by atoms with Crippen molar-refractivity contribution < 1.29 is 4.74 Å². The second-order valence-corrected chi connectivity index (χ2v) is 3.67. The van der Waals surface area contributed by atoms with Crippen LogP contribution in [-0.4, -0.2) is 12.1 Å². The van der Waals surface area contributed by atoms with Crippen molar-refractivity contribution in [2.75, 3.05) is 7.11 Å². The average Bonchev–Trinajstić information content (AvgIpc) is 2.18. The lowest BCUT2D eigenvalue weighted by Gasteiger charge is -2.22. The van der Waals surface area contributed by atoms with Gasteiger partial charge in [0.2, 0.25) is 0 Å². The van der Waals surface area contributed by atoms with Crippen molar-refractivity contribution in [1.29, 1.82) is 0 Å². The van der Waals surface area contributed by atoms with Gasteiger partial charge in [-0.2, -0.15) is 0 Å². The Morgan fingerprint density at radius 2 is 2.38 bits per heavy atom. The summed E-state index contributed by atoms with van der Waals surface area (Å²) in [5, 5.41) is 0. The van der Waals surface area contributed by atoms with Crippen molar-refractivity contribution in [1.82, 2.24) is 4.98 Å². The van der Waals surface area contributed by atoms with Crippen LogP contribution in [0.4, 0.5) is 0 Å². The number of ether oxygens (including phenoxy) is 1. The summed E-state index contributed by atoms with van der Waals surface area (Å²) in [6.45, 7) is 2.24. The minimum atomic E-state index is 0.596. The molecule has 1 heterocycles. The molecule has 1 aromatic rings. The molecule has 70 valence electrons. The highest BCUT2D eigenvalue weighted by Crippen LogP contribution is 2.34. The Morgan fingerprint density at radius 1 is 1.54 bits per heavy atom. The number of methoxy groups -OCH3 is 1. The second-order valence-electron chi connectivity index (χ2n) is 3.67. The predicted molar refractivity (Wildman–Crippen MR) is 52.1 cm³/mol. The van der Waals surface area contributed by atoms with E-state index in [1.807, 2.05) is 12.3 Å². The van der Waals surface area contributed by atoms with Gasteiger partial charge in [0.1, 0.15) is 5.75 Å². The maximum absolute atomic E-state index is 5.32. The molecule has 2 rings (SSSR count). The lowest BCUT2D eigenvalue weighted by Crippen LogP contribution is -2.10. The Kier molecular flexibility index (Phi) is 2.21. The summed E-state index contributed by atoms with van der Waals surface area (Å²) in [4.78, 5) is 4.43. The van der Waals surface area contributed by atoms with E-state index in [-0.39, 0.29) is 0 Å². The van der Waals surface area contributed by atoms with Crippen LogP contribution in [0.2, 0.25) is 0 Å². The molecule has 0 spiro atoms. The van der Waals surface area contributed by atoms with E-state index < -0.39 is 0 Å². The van der Waals surface area contributed by atoms with E-state index in [9.17, 15) is 0 Å². The van der Waals surface area contributed by atoms with Crippen molar-refractivity contribution in [3.63, 3.8) is 0 Å². The number of nitrogens with zero attached hydrogens (tertiary/aromatic N) is 1. The Balaban J connectivity index is 2.48. The van der Waals surface area contributed by atoms with Crippen molar-refractivity contribution in [2.45, 2.75) is 32.1 Å². The molecular weight excluding hydrogens is 162 g/mol. The lowest BCUT2D eigenvalue weighted by molar-refractivity contribution is 0.402. The van der Waals surface area contributed by atoms with E-state index in [4.69, 9.17) is 4.74 Å². The molecule has 0 amide bonds. The van der Waals surface area contributed by atoms with Gasteiger partial charge in [0.05, 0.1) is 12.8 Å². The molecule has 0 N–H and O–H groups in total. The quantitative estimate of drug-likeness (QED) is 0.657. The summed E-state index contributed by atoms with van der Waals surface area (Å²) in [6, 6.07) is 1.96. The number of hydrogen-bond donors (Lipinski definition) is 0. The van der Waals surface area contributed by atoms with Gasteiger partial charge in [-0.3, -0.25) is 4.98 Å². The van der Waals surface area contributed by atoms with Crippen LogP contribution in [0.15, 0.2) is 12.3 Å². The summed E-state index contributed by atoms with van der Waals surface area (Å²) < 4.78 is 5.32. The minimum Gasteiger partial charge on any atom is -0.496 e. The van der Waals surface area contributed by atoms with E-state index in [0.29, 0.717) is 5.92 Å². The Labute approximate surface area is 78.9 Å². The zero-order valence-electron chi connectivity index (χ0n) is 8.21. The molecule has 1 aliphatic carbocycles. The second kappa shape index (κ2) is 3.36. The van der Waals surface area contributed by atoms with E-state index in [2.05, 4.69) is 11.9 Å². The van der Waals surface area contributed by atoms with E-state index in [1.165, 1.54) is 24.1 Å². The SMILES string of the molecule is COc1ccnc2c1CCCC2C. The van der Waals surface area contributed by atoms with Crippen molar-refractivity contribution in [2.24, 2.45) is 0 Å². The van der Waals surface area contributed by atoms with E-state index in [1.54, 1.807) is 7.11 Å². The summed E-state index contributed by atoms with van der Waals surface area (Å²) >= 11 is 0. The van der Waals surface area contributed by atoms with Crippen LogP contribution in [0.25, 0.3) is 0 Å². The molecule has 2 nitrogen and oxygen atoms in total. The van der Waals surface area contributed by atoms with Gasteiger partial charge in [0.15, 0.2) is 0 Å². The topological polar surface area (TPSA) is 22.1 Å². The van der Waals surface area contributed by atoms with E-state index in [0.717, 1.165) is 12.2 Å². The third-order valence-electron chi connectivity index (χ3n) is 2.80. The molecule has 0 saturated heterocycles. The van der Waals surface area contributed by atoms with Gasteiger partial charge in [-0.05, 0) is 31.2 Å². The Morgan fingerprint density at radius 3 is 3.15 bits per heavy atom. The lowest BCUT2D eigenvalue weighted by atomic mass is 9.87. The first-order valence-electron chi connectivity index (χ1n) is 4.84. The summed E-state index contributed by atoms with van der Waals surface area (Å²) in [6.07, 6.45) is 5.49. The molecule has 2 heteroatoms. The third-order valence-corrected chi connectivity index (χ3v) is 2.80. The van der Waals surface area contributed by atoms with Crippen molar-refractivity contribution >= 4 is 0 Å². The first-order chi connectivity index (χ1) is 6.33. The average molecular weight is 177 g/mol. The normalized spacial score (nSPS) is 20.9. The Hall–Kier alpha value is -1.05. The highest BCUT2D eigenvalue weighted by atomic mass is 16.5. The largest absolute Gasteiger partial charge is 0.496 e. The van der Waals surface area contributed by atoms with Gasteiger partial charge in [-0.1, -0.05) is 6.92 Å². The molecule has 1 aliphatic rings. The molecular formula is C11H15NO. The molecule has 13 heavy (non-hydrogen) atoms. The van der Waals surface area contributed by atoms with Crippen LogP contribution in [-0.2, 0) is 6.42 Å². The maximum Gasteiger partial charge on any atom is 0.125 e. The van der Waals surface area contributed by atoms with Crippen LogP contribution < -0.4 is 4.74 Å². The zero-order chi connectivity index (χ0) is 9.26. The first-order valence-corrected chi connectivity index (χ1v) is 4.84. The molecule has 0 fully saturated rings. The van der Waals surface area contributed by atoms with Gasteiger partial charge in [-0.25, -0.2) is 0 Å². The molecule has 0 aromatic carbocycles. The predicted octanol–water partition coefficient (Wildman–Crippen LogP) is 2.53. The van der Waals surface area contributed by atoms with Crippen LogP contribution in [0.5, 0.6) is 5.75 Å². The standard InChI is InChI=1S/C11H15NO/c1-8-4-3-5-9-10(13-2)6-7-12-11(8)9/h6-8H,3-5H2,1-2H3. The molecule has 0 aliphatic heterocycles. The summed E-state index contributed by atoms with van der Waals surface area (Å²) in [5.41, 5.74) is 2.56. The van der Waals surface area contributed by atoms with Gasteiger partial charge in [0, 0.05) is 11.8 Å². The summed E-state index contributed by atoms with van der Waals surface area (Å²) in [5.74, 6) is 1.61. The fourth-order valence-corrected chi connectivity index (χ4v) is 2.08. The van der Waals surface area contributed by atoms with Gasteiger partial charge in [-0.15, -0.1) is 0 Å². The third kappa shape index (κ3) is 1.41. The van der Waals surface area contributed by atoms with Gasteiger partial charge >= 0.3 is 0 Å². The fraction of sp³-hybridized carbons (Fsp3) is 0.545. The molecule has 0 saturated carbocycles. The van der Waals surface area contributed by atoms with Crippen LogP contribution >= 0.6 is 0 Å². The Bertz CT molecular complexity index is 309. The molecule has 1 atom stereocenters. The molecule has 0 bridgehead atoms. The van der Waals surface area contributed by atoms with Crippen LogP contribution in [0, 0.1) is 0 Å². The molecule has 1 unspecified atom stereocenters. The highest BCUT2D eigenvalue weighted by Gasteiger charge is 2.20. The number of hydrogen-bond acceptors (Lipinski definition) is 2. The number of pyridine rings is 1.